The molecule has 4 rings (SSSR count). The topological polar surface area (TPSA) is 35.3 Å². The number of ether oxygens (including phenoxy) is 1. The van der Waals surface area contributed by atoms with Gasteiger partial charge < -0.3 is 9.15 Å². The third kappa shape index (κ3) is 5.82. The summed E-state index contributed by atoms with van der Waals surface area (Å²) in [6.45, 7) is 2.90. The molecule has 0 atom stereocenters. The molecule has 34 heavy (non-hydrogen) atoms. The maximum Gasteiger partial charge on any atom is 0.230 e. The first-order chi connectivity index (χ1) is 16.7. The largest absolute Gasteiger partial charge is 0.494 e. The molecular formula is C29H27F2NO2. The molecule has 0 radical (unpaired) electrons. The molecule has 0 aliphatic heterocycles. The van der Waals surface area contributed by atoms with Gasteiger partial charge in [-0.2, -0.15) is 0 Å². The predicted octanol–water partition coefficient (Wildman–Crippen LogP) is 7.91. The van der Waals surface area contributed by atoms with E-state index < -0.39 is 11.6 Å². The lowest BCUT2D eigenvalue weighted by atomic mass is 10.1. The maximum absolute atomic E-state index is 14.7. The first-order valence-corrected chi connectivity index (χ1v) is 11.7. The van der Waals surface area contributed by atoms with E-state index in [0.29, 0.717) is 23.3 Å². The molecule has 0 aliphatic rings. The van der Waals surface area contributed by atoms with Crippen LogP contribution in [0.4, 0.5) is 8.78 Å². The minimum Gasteiger partial charge on any atom is -0.494 e. The fourth-order valence-corrected chi connectivity index (χ4v) is 3.64. The Hall–Kier alpha value is -3.65. The number of fused-ring (bicyclic) bond motifs is 1. The standard InChI is InChI=1S/C29H27F2NO2/c1-2-3-4-5-6-9-20-33-23-17-13-21(14-18-23)12-15-22-16-19-24(28(31)27(22)30)29-32-25-10-7-8-11-26(25)34-29/h7-8,10-11,13-14,16-19H,2-6,9,20H2,1H3. The van der Waals surface area contributed by atoms with Crippen LogP contribution >= 0.6 is 0 Å². The Morgan fingerprint density at radius 1 is 0.824 bits per heavy atom. The van der Waals surface area contributed by atoms with Gasteiger partial charge in [0.25, 0.3) is 0 Å². The zero-order chi connectivity index (χ0) is 23.8. The van der Waals surface area contributed by atoms with Crippen LogP contribution in [0.3, 0.4) is 0 Å². The first-order valence-electron chi connectivity index (χ1n) is 11.7. The summed E-state index contributed by atoms with van der Waals surface area (Å²) < 4.78 is 40.7. The average Bonchev–Trinajstić information content (AvgIpc) is 3.29. The third-order valence-electron chi connectivity index (χ3n) is 5.57. The number of oxazole rings is 1. The Labute approximate surface area is 198 Å². The summed E-state index contributed by atoms with van der Waals surface area (Å²) in [7, 11) is 0. The van der Waals surface area contributed by atoms with Crippen molar-refractivity contribution in [1.29, 1.82) is 0 Å². The number of unbranched alkanes of at least 4 members (excludes halogenated alkanes) is 5. The van der Waals surface area contributed by atoms with Crippen molar-refractivity contribution in [1.82, 2.24) is 4.98 Å². The van der Waals surface area contributed by atoms with Gasteiger partial charge in [-0.3, -0.25) is 0 Å². The van der Waals surface area contributed by atoms with Gasteiger partial charge in [0.05, 0.1) is 17.7 Å². The van der Waals surface area contributed by atoms with Gasteiger partial charge >= 0.3 is 0 Å². The summed E-state index contributed by atoms with van der Waals surface area (Å²) in [5.74, 6) is 4.36. The number of aromatic nitrogens is 1. The Morgan fingerprint density at radius 2 is 1.59 bits per heavy atom. The van der Waals surface area contributed by atoms with Crippen LogP contribution in [0.25, 0.3) is 22.6 Å². The van der Waals surface area contributed by atoms with Crippen molar-refractivity contribution in [3.8, 4) is 29.0 Å². The molecule has 3 aromatic carbocycles. The van der Waals surface area contributed by atoms with Crippen LogP contribution in [0.15, 0.2) is 65.1 Å². The van der Waals surface area contributed by atoms with Crippen molar-refractivity contribution in [3.63, 3.8) is 0 Å². The highest BCUT2D eigenvalue weighted by molar-refractivity contribution is 5.76. The Kier molecular flexibility index (Phi) is 7.93. The number of halogens is 2. The lowest BCUT2D eigenvalue weighted by molar-refractivity contribution is 0.304. The molecule has 0 amide bonds. The van der Waals surface area contributed by atoms with Gasteiger partial charge in [0.1, 0.15) is 11.3 Å². The highest BCUT2D eigenvalue weighted by Crippen LogP contribution is 2.28. The lowest BCUT2D eigenvalue weighted by Gasteiger charge is -2.06. The summed E-state index contributed by atoms with van der Waals surface area (Å²) in [5.41, 5.74) is 1.72. The second kappa shape index (κ2) is 11.5. The van der Waals surface area contributed by atoms with E-state index in [1.807, 2.05) is 24.3 Å². The van der Waals surface area contributed by atoms with E-state index in [1.54, 1.807) is 24.3 Å². The lowest BCUT2D eigenvalue weighted by Crippen LogP contribution is -1.97. The minimum atomic E-state index is -1.03. The molecule has 174 valence electrons. The smallest absolute Gasteiger partial charge is 0.230 e. The van der Waals surface area contributed by atoms with Crippen LogP contribution in [0.2, 0.25) is 0 Å². The van der Waals surface area contributed by atoms with Crippen LogP contribution in [-0.2, 0) is 0 Å². The molecule has 0 bridgehead atoms. The molecule has 0 fully saturated rings. The number of hydrogen-bond acceptors (Lipinski definition) is 3. The van der Waals surface area contributed by atoms with Gasteiger partial charge in [-0.25, -0.2) is 13.8 Å². The molecule has 1 aromatic heterocycles. The summed E-state index contributed by atoms with van der Waals surface area (Å²) in [6, 6.07) is 17.3. The van der Waals surface area contributed by atoms with Gasteiger partial charge in [-0.15, -0.1) is 0 Å². The number of rotatable bonds is 9. The molecule has 4 aromatic rings. The van der Waals surface area contributed by atoms with Crippen LogP contribution in [0.5, 0.6) is 5.75 Å². The zero-order valence-corrected chi connectivity index (χ0v) is 19.2. The normalized spacial score (nSPS) is 10.8. The summed E-state index contributed by atoms with van der Waals surface area (Å²) in [5, 5.41) is 0. The Bertz CT molecular complexity index is 1270. The SMILES string of the molecule is CCCCCCCCOc1ccc(C#Cc2ccc(-c3nc4ccccc4o3)c(F)c2F)cc1. The Morgan fingerprint density at radius 3 is 2.38 bits per heavy atom. The van der Waals surface area contributed by atoms with Crippen molar-refractivity contribution in [2.45, 2.75) is 45.4 Å². The molecule has 0 N–H and O–H groups in total. The molecule has 1 heterocycles. The van der Waals surface area contributed by atoms with Crippen LogP contribution in [0, 0.1) is 23.5 Å². The maximum atomic E-state index is 14.7. The van der Waals surface area contributed by atoms with Crippen molar-refractivity contribution in [2.24, 2.45) is 0 Å². The highest BCUT2D eigenvalue weighted by atomic mass is 19.2. The second-order valence-corrected chi connectivity index (χ2v) is 8.17. The van der Waals surface area contributed by atoms with E-state index in [0.717, 1.165) is 12.2 Å². The summed E-state index contributed by atoms with van der Waals surface area (Å²) in [4.78, 5) is 4.24. The summed E-state index contributed by atoms with van der Waals surface area (Å²) >= 11 is 0. The van der Waals surface area contributed by atoms with Crippen molar-refractivity contribution in [2.75, 3.05) is 6.61 Å². The van der Waals surface area contributed by atoms with Crippen LogP contribution in [-0.4, -0.2) is 11.6 Å². The van der Waals surface area contributed by atoms with Gasteiger partial charge in [0, 0.05) is 5.56 Å². The third-order valence-corrected chi connectivity index (χ3v) is 5.57. The van der Waals surface area contributed by atoms with E-state index in [-0.39, 0.29) is 17.0 Å². The predicted molar refractivity (Wildman–Crippen MR) is 131 cm³/mol. The molecule has 0 spiro atoms. The van der Waals surface area contributed by atoms with E-state index in [4.69, 9.17) is 9.15 Å². The summed E-state index contributed by atoms with van der Waals surface area (Å²) in [6.07, 6.45) is 7.29. The van der Waals surface area contributed by atoms with E-state index >= 15 is 0 Å². The molecular weight excluding hydrogens is 432 g/mol. The minimum absolute atomic E-state index is 0.0271. The van der Waals surface area contributed by atoms with Crippen molar-refractivity contribution < 1.29 is 17.9 Å². The van der Waals surface area contributed by atoms with Crippen LogP contribution in [0.1, 0.15) is 56.6 Å². The van der Waals surface area contributed by atoms with E-state index in [9.17, 15) is 8.78 Å². The van der Waals surface area contributed by atoms with E-state index in [1.165, 1.54) is 44.2 Å². The number of benzene rings is 3. The molecule has 5 heteroatoms. The number of nitrogens with zero attached hydrogens (tertiary/aromatic N) is 1. The second-order valence-electron chi connectivity index (χ2n) is 8.17. The van der Waals surface area contributed by atoms with Crippen LogP contribution < -0.4 is 4.74 Å². The molecule has 0 aliphatic carbocycles. The number of para-hydroxylation sites is 2. The van der Waals surface area contributed by atoms with Gasteiger partial charge in [-0.05, 0) is 55.0 Å². The average molecular weight is 460 g/mol. The quantitative estimate of drug-likeness (QED) is 0.188. The van der Waals surface area contributed by atoms with Gasteiger partial charge in [-0.1, -0.05) is 63.0 Å². The fraction of sp³-hybridized carbons (Fsp3) is 0.276. The molecule has 0 unspecified atom stereocenters. The number of hydrogen-bond donors (Lipinski definition) is 0. The van der Waals surface area contributed by atoms with Crippen molar-refractivity contribution >= 4 is 11.1 Å². The van der Waals surface area contributed by atoms with Crippen molar-refractivity contribution in [3.05, 3.63) is 83.4 Å². The molecule has 3 nitrogen and oxygen atoms in total. The fourth-order valence-electron chi connectivity index (χ4n) is 3.64. The first kappa shape index (κ1) is 23.5. The monoisotopic (exact) mass is 459 g/mol. The Balaban J connectivity index is 1.38. The molecule has 0 saturated carbocycles. The zero-order valence-electron chi connectivity index (χ0n) is 19.2. The van der Waals surface area contributed by atoms with Gasteiger partial charge in [0.2, 0.25) is 5.89 Å². The highest BCUT2D eigenvalue weighted by Gasteiger charge is 2.18. The molecule has 0 saturated heterocycles. The van der Waals surface area contributed by atoms with E-state index in [2.05, 4.69) is 23.7 Å². The van der Waals surface area contributed by atoms with Gasteiger partial charge in [0.15, 0.2) is 17.2 Å².